The third-order valence-electron chi connectivity index (χ3n) is 4.32. The van der Waals surface area contributed by atoms with E-state index < -0.39 is 5.97 Å². The zero-order chi connectivity index (χ0) is 17.8. The lowest BCUT2D eigenvalue weighted by Gasteiger charge is -2.09. The van der Waals surface area contributed by atoms with Crippen LogP contribution in [0.2, 0.25) is 0 Å². The molecule has 0 amide bonds. The molecule has 0 aliphatic carbocycles. The molecule has 4 nitrogen and oxygen atoms in total. The van der Waals surface area contributed by atoms with Crippen molar-refractivity contribution in [3.63, 3.8) is 0 Å². The summed E-state index contributed by atoms with van der Waals surface area (Å²) in [5.41, 5.74) is 6.86. The maximum absolute atomic E-state index is 12.3. The van der Waals surface area contributed by atoms with E-state index in [0.29, 0.717) is 12.0 Å². The van der Waals surface area contributed by atoms with Crippen LogP contribution in [0.1, 0.15) is 91.8 Å². The van der Waals surface area contributed by atoms with Gasteiger partial charge in [-0.25, -0.2) is 4.79 Å². The Morgan fingerprint density at radius 1 is 0.917 bits per heavy atom. The number of ketones is 1. The molecular weight excluding hydrogens is 302 g/mol. The first kappa shape index (κ1) is 20.2. The minimum Gasteiger partial charge on any atom is -0.465 e. The van der Waals surface area contributed by atoms with Crippen molar-refractivity contribution in [2.75, 3.05) is 12.8 Å². The van der Waals surface area contributed by atoms with Gasteiger partial charge >= 0.3 is 5.97 Å². The number of carbonyl (C=O) groups is 2. The predicted molar refractivity (Wildman–Crippen MR) is 98.4 cm³/mol. The van der Waals surface area contributed by atoms with Crippen LogP contribution in [0, 0.1) is 0 Å². The van der Waals surface area contributed by atoms with Crippen molar-refractivity contribution in [3.05, 3.63) is 29.3 Å². The first-order chi connectivity index (χ1) is 11.6. The molecule has 134 valence electrons. The molecule has 0 aromatic heterocycles. The molecule has 0 unspecified atom stereocenters. The van der Waals surface area contributed by atoms with Crippen molar-refractivity contribution in [2.45, 2.75) is 71.1 Å². The van der Waals surface area contributed by atoms with Crippen LogP contribution < -0.4 is 5.73 Å². The lowest BCUT2D eigenvalue weighted by atomic mass is 9.99. The lowest BCUT2D eigenvalue weighted by Crippen LogP contribution is -2.11. The number of Topliss-reactive ketones (excluding diaryl/α,β-unsaturated/α-hetero) is 1. The van der Waals surface area contributed by atoms with Crippen molar-refractivity contribution in [3.8, 4) is 0 Å². The van der Waals surface area contributed by atoms with Gasteiger partial charge in [0.2, 0.25) is 0 Å². The largest absolute Gasteiger partial charge is 0.465 e. The van der Waals surface area contributed by atoms with Crippen LogP contribution in [0.5, 0.6) is 0 Å². The molecule has 1 aromatic carbocycles. The smallest absolute Gasteiger partial charge is 0.339 e. The third kappa shape index (κ3) is 6.73. The van der Waals surface area contributed by atoms with Gasteiger partial charge in [-0.3, -0.25) is 4.79 Å². The van der Waals surface area contributed by atoms with Gasteiger partial charge in [-0.2, -0.15) is 0 Å². The Morgan fingerprint density at radius 3 is 2.04 bits per heavy atom. The summed E-state index contributed by atoms with van der Waals surface area (Å²) in [7, 11) is 1.30. The fraction of sp³-hybridized carbons (Fsp3) is 0.600. The van der Waals surface area contributed by atoms with Gasteiger partial charge in [-0.15, -0.1) is 0 Å². The molecule has 0 atom stereocenters. The predicted octanol–water partition coefficient (Wildman–Crippen LogP) is 5.16. The molecule has 1 aromatic rings. The second kappa shape index (κ2) is 11.7. The Kier molecular flexibility index (Phi) is 9.81. The molecule has 0 spiro atoms. The molecule has 0 aliphatic heterocycles. The Balaban J connectivity index is 2.32. The van der Waals surface area contributed by atoms with Gasteiger partial charge in [0.15, 0.2) is 5.78 Å². The molecule has 1 rings (SSSR count). The summed E-state index contributed by atoms with van der Waals surface area (Å²) < 4.78 is 4.68. The number of nitrogen functional groups attached to an aromatic ring is 1. The molecular formula is C20H31NO3. The van der Waals surface area contributed by atoms with E-state index in [0.717, 1.165) is 12.8 Å². The van der Waals surface area contributed by atoms with Gasteiger partial charge in [0.1, 0.15) is 0 Å². The van der Waals surface area contributed by atoms with Crippen molar-refractivity contribution in [1.82, 2.24) is 0 Å². The van der Waals surface area contributed by atoms with Crippen molar-refractivity contribution < 1.29 is 14.3 Å². The standard InChI is InChI=1S/C20H31NO3/c1-3-4-5-6-7-8-9-10-11-15-18(22)16-13-12-14-17(19(16)21)20(23)24-2/h12-14H,3-11,15,21H2,1-2H3. The summed E-state index contributed by atoms with van der Waals surface area (Å²) in [6.07, 6.45) is 11.4. The SMILES string of the molecule is CCCCCCCCCCCC(=O)c1cccc(C(=O)OC)c1N. The van der Waals surface area contributed by atoms with E-state index >= 15 is 0 Å². The van der Waals surface area contributed by atoms with E-state index in [2.05, 4.69) is 11.7 Å². The first-order valence-electron chi connectivity index (χ1n) is 9.11. The number of hydrogen-bond acceptors (Lipinski definition) is 4. The number of anilines is 1. The number of rotatable bonds is 12. The second-order valence-electron chi connectivity index (χ2n) is 6.26. The normalized spacial score (nSPS) is 10.6. The molecule has 24 heavy (non-hydrogen) atoms. The highest BCUT2D eigenvalue weighted by molar-refractivity contribution is 6.06. The minimum absolute atomic E-state index is 0.00111. The summed E-state index contributed by atoms with van der Waals surface area (Å²) in [6.45, 7) is 2.23. The number of methoxy groups -OCH3 is 1. The van der Waals surface area contributed by atoms with Crippen LogP contribution in [0.4, 0.5) is 5.69 Å². The van der Waals surface area contributed by atoms with Gasteiger partial charge < -0.3 is 10.5 Å². The number of unbranched alkanes of at least 4 members (excludes halogenated alkanes) is 8. The summed E-state index contributed by atoms with van der Waals surface area (Å²) in [6, 6.07) is 4.93. The molecule has 0 radical (unpaired) electrons. The minimum atomic E-state index is -0.509. The Labute approximate surface area is 145 Å². The summed E-state index contributed by atoms with van der Waals surface area (Å²) in [5.74, 6) is -0.508. The van der Waals surface area contributed by atoms with Gasteiger partial charge in [0, 0.05) is 12.0 Å². The van der Waals surface area contributed by atoms with Gasteiger partial charge in [0.25, 0.3) is 0 Å². The van der Waals surface area contributed by atoms with Gasteiger partial charge in [0.05, 0.1) is 18.4 Å². The number of carbonyl (C=O) groups excluding carboxylic acids is 2. The maximum Gasteiger partial charge on any atom is 0.339 e. The fourth-order valence-corrected chi connectivity index (χ4v) is 2.83. The van der Waals surface area contributed by atoms with Crippen LogP contribution in [0.15, 0.2) is 18.2 Å². The monoisotopic (exact) mass is 333 g/mol. The van der Waals surface area contributed by atoms with E-state index in [1.807, 2.05) is 0 Å². The molecule has 0 saturated carbocycles. The molecule has 4 heteroatoms. The van der Waals surface area contributed by atoms with Crippen LogP contribution in [-0.2, 0) is 4.74 Å². The zero-order valence-corrected chi connectivity index (χ0v) is 15.1. The van der Waals surface area contributed by atoms with Crippen LogP contribution in [0.3, 0.4) is 0 Å². The highest BCUT2D eigenvalue weighted by Crippen LogP contribution is 2.21. The summed E-state index contributed by atoms with van der Waals surface area (Å²) in [5, 5.41) is 0. The summed E-state index contributed by atoms with van der Waals surface area (Å²) in [4.78, 5) is 23.9. The van der Waals surface area contributed by atoms with Crippen LogP contribution in [0.25, 0.3) is 0 Å². The highest BCUT2D eigenvalue weighted by Gasteiger charge is 2.16. The van der Waals surface area contributed by atoms with Gasteiger partial charge in [-0.1, -0.05) is 64.4 Å². The first-order valence-corrected chi connectivity index (χ1v) is 9.11. The second-order valence-corrected chi connectivity index (χ2v) is 6.26. The van der Waals surface area contributed by atoms with Crippen molar-refractivity contribution >= 4 is 17.4 Å². The molecule has 0 bridgehead atoms. The Bertz CT molecular complexity index is 526. The van der Waals surface area contributed by atoms with E-state index in [9.17, 15) is 9.59 Å². The Hall–Kier alpha value is -1.84. The number of para-hydroxylation sites is 1. The molecule has 0 aliphatic rings. The van der Waals surface area contributed by atoms with Gasteiger partial charge in [-0.05, 0) is 18.6 Å². The quantitative estimate of drug-likeness (QED) is 0.248. The number of esters is 1. The fourth-order valence-electron chi connectivity index (χ4n) is 2.83. The van der Waals surface area contributed by atoms with E-state index in [1.54, 1.807) is 18.2 Å². The topological polar surface area (TPSA) is 69.4 Å². The maximum atomic E-state index is 12.3. The molecule has 0 heterocycles. The third-order valence-corrected chi connectivity index (χ3v) is 4.32. The molecule has 0 fully saturated rings. The Morgan fingerprint density at radius 2 is 1.46 bits per heavy atom. The number of ether oxygens (including phenoxy) is 1. The average molecular weight is 333 g/mol. The summed E-state index contributed by atoms with van der Waals surface area (Å²) >= 11 is 0. The molecule has 2 N–H and O–H groups in total. The van der Waals surface area contributed by atoms with Crippen LogP contribution >= 0.6 is 0 Å². The van der Waals surface area contributed by atoms with Crippen molar-refractivity contribution in [2.24, 2.45) is 0 Å². The van der Waals surface area contributed by atoms with E-state index in [-0.39, 0.29) is 17.0 Å². The van der Waals surface area contributed by atoms with Crippen LogP contribution in [-0.4, -0.2) is 18.9 Å². The highest BCUT2D eigenvalue weighted by atomic mass is 16.5. The number of hydrogen-bond donors (Lipinski definition) is 1. The lowest BCUT2D eigenvalue weighted by molar-refractivity contribution is 0.0602. The molecule has 0 saturated heterocycles. The van der Waals surface area contributed by atoms with E-state index in [1.165, 1.54) is 52.1 Å². The zero-order valence-electron chi connectivity index (χ0n) is 15.1. The number of benzene rings is 1. The number of nitrogens with two attached hydrogens (primary N) is 1. The van der Waals surface area contributed by atoms with E-state index in [4.69, 9.17) is 5.73 Å². The average Bonchev–Trinajstić information content (AvgIpc) is 2.59. The van der Waals surface area contributed by atoms with Crippen molar-refractivity contribution in [1.29, 1.82) is 0 Å².